The zero-order chi connectivity index (χ0) is 35.0. The average Bonchev–Trinajstić information content (AvgIpc) is 3.04. The highest BCUT2D eigenvalue weighted by Crippen LogP contribution is 2.52. The maximum absolute atomic E-state index is 17.3. The lowest BCUT2D eigenvalue weighted by Crippen LogP contribution is -2.36. The number of anilines is 1. The number of nitrogens with zero attached hydrogens (tertiary/aromatic N) is 4. The fraction of sp³-hybridized carbons (Fsp3) is 0.605. The second kappa shape index (κ2) is 14.1. The van der Waals surface area contributed by atoms with Gasteiger partial charge in [0, 0.05) is 42.7 Å². The molecule has 0 N–H and O–H groups in total. The molecule has 2 atom stereocenters. The molecule has 4 nitrogen and oxygen atoms in total. The summed E-state index contributed by atoms with van der Waals surface area (Å²) in [5, 5.41) is 0. The molecule has 1 saturated carbocycles. The molecule has 2 unspecified atom stereocenters. The molecule has 2 aromatic heterocycles. The van der Waals surface area contributed by atoms with Gasteiger partial charge in [-0.05, 0) is 104 Å². The van der Waals surface area contributed by atoms with Crippen molar-refractivity contribution in [3.8, 4) is 0 Å². The van der Waals surface area contributed by atoms with E-state index in [0.717, 1.165) is 41.8 Å². The first kappa shape index (κ1) is 36.3. The van der Waals surface area contributed by atoms with Gasteiger partial charge in [0.2, 0.25) is 5.95 Å². The van der Waals surface area contributed by atoms with Gasteiger partial charge in [-0.3, -0.25) is 4.98 Å². The zero-order valence-corrected chi connectivity index (χ0v) is 29.1. The third-order valence-corrected chi connectivity index (χ3v) is 10.5. The number of hydrogen-bond acceptors (Lipinski definition) is 4. The Morgan fingerprint density at radius 1 is 0.896 bits per heavy atom. The Morgan fingerprint density at radius 2 is 1.48 bits per heavy atom. The highest BCUT2D eigenvalue weighted by molar-refractivity contribution is 6.31. The van der Waals surface area contributed by atoms with Crippen molar-refractivity contribution in [1.82, 2.24) is 15.0 Å². The summed E-state index contributed by atoms with van der Waals surface area (Å²) in [4.78, 5) is 16.2. The largest absolute Gasteiger partial charge is 0.416 e. The maximum atomic E-state index is 17.3. The van der Waals surface area contributed by atoms with E-state index in [1.807, 2.05) is 13.8 Å². The van der Waals surface area contributed by atoms with Gasteiger partial charge in [-0.1, -0.05) is 52.2 Å². The lowest BCUT2D eigenvalue weighted by atomic mass is 9.65. The summed E-state index contributed by atoms with van der Waals surface area (Å²) in [5.74, 6) is 0.602. The second-order valence-electron chi connectivity index (χ2n) is 14.9. The summed E-state index contributed by atoms with van der Waals surface area (Å²) in [6.45, 7) is 13.6. The predicted octanol–water partition coefficient (Wildman–Crippen LogP) is 9.61. The molecule has 2 fully saturated rings. The lowest BCUT2D eigenvalue weighted by molar-refractivity contribution is -0.137. The van der Waals surface area contributed by atoms with Crippen LogP contribution in [0.1, 0.15) is 150 Å². The summed E-state index contributed by atoms with van der Waals surface area (Å²) < 4.78 is 72.7. The van der Waals surface area contributed by atoms with Crippen molar-refractivity contribution >= 4 is 19.3 Å². The van der Waals surface area contributed by atoms with Crippen LogP contribution in [0.4, 0.5) is 27.9 Å². The molecule has 2 radical (unpaired) electrons. The van der Waals surface area contributed by atoms with E-state index in [1.165, 1.54) is 12.1 Å². The number of benzene rings is 1. The minimum absolute atomic E-state index is 0.0119. The smallest absolute Gasteiger partial charge is 0.341 e. The van der Waals surface area contributed by atoms with Gasteiger partial charge < -0.3 is 4.90 Å². The Balaban J connectivity index is 0.00000221. The predicted molar refractivity (Wildman–Crippen MR) is 183 cm³/mol. The van der Waals surface area contributed by atoms with E-state index in [4.69, 9.17) is 12.8 Å². The molecular weight excluding hydrogens is 618 g/mol. The van der Waals surface area contributed by atoms with Crippen LogP contribution in [0.25, 0.3) is 0 Å². The van der Waals surface area contributed by atoms with Crippen LogP contribution in [0.15, 0.2) is 36.7 Å². The number of pyridine rings is 1. The molecule has 3 aromatic rings. The summed E-state index contributed by atoms with van der Waals surface area (Å²) in [7, 11) is 5.79. The standard InChI is InChI=1S/C36H42BF5N4.C2H6/c1-21-17-34(2,3)18-27-28(21)29(22-9-13-35(4,39)14-10-22)30(31(38)23-5-7-25(8-6-23)36(40,41)42)32(45-27)24-11-15-46(16-12-24)33-43-19-26(37)20-44-33;1-2/h5-8,19-22,24,31H,9-18H2,1-4H3;1-2H3. The van der Waals surface area contributed by atoms with Gasteiger partial charge in [0.05, 0.1) is 11.3 Å². The van der Waals surface area contributed by atoms with E-state index in [9.17, 15) is 13.2 Å². The molecule has 0 spiro atoms. The Hall–Kier alpha value is -3.04. The first-order chi connectivity index (χ1) is 22.6. The molecule has 3 heterocycles. The van der Waals surface area contributed by atoms with E-state index in [-0.39, 0.29) is 28.7 Å². The van der Waals surface area contributed by atoms with Gasteiger partial charge >= 0.3 is 6.18 Å². The van der Waals surface area contributed by atoms with Crippen molar-refractivity contribution in [3.63, 3.8) is 0 Å². The molecule has 10 heteroatoms. The van der Waals surface area contributed by atoms with Crippen LogP contribution >= 0.6 is 0 Å². The van der Waals surface area contributed by atoms with Crippen LogP contribution in [0.3, 0.4) is 0 Å². The lowest BCUT2D eigenvalue weighted by Gasteiger charge is -2.42. The van der Waals surface area contributed by atoms with Gasteiger partial charge in [0.1, 0.15) is 13.5 Å². The molecule has 1 saturated heterocycles. The van der Waals surface area contributed by atoms with Gasteiger partial charge in [-0.2, -0.15) is 13.2 Å². The normalized spacial score (nSPS) is 25.1. The van der Waals surface area contributed by atoms with E-state index >= 15 is 8.78 Å². The van der Waals surface area contributed by atoms with E-state index in [0.29, 0.717) is 74.3 Å². The van der Waals surface area contributed by atoms with Gasteiger partial charge in [-0.15, -0.1) is 0 Å². The van der Waals surface area contributed by atoms with Crippen molar-refractivity contribution < 1.29 is 22.0 Å². The molecule has 48 heavy (non-hydrogen) atoms. The Kier molecular flexibility index (Phi) is 10.6. The monoisotopic (exact) mass is 666 g/mol. The van der Waals surface area contributed by atoms with Crippen LogP contribution in [0.5, 0.6) is 0 Å². The molecule has 0 bridgehead atoms. The number of fused-ring (bicyclic) bond motifs is 1. The van der Waals surface area contributed by atoms with Gasteiger partial charge in [-0.25, -0.2) is 18.7 Å². The van der Waals surface area contributed by atoms with Crippen molar-refractivity contribution in [2.75, 3.05) is 18.0 Å². The summed E-state index contributed by atoms with van der Waals surface area (Å²) in [6, 6.07) is 4.43. The van der Waals surface area contributed by atoms with Crippen molar-refractivity contribution in [3.05, 3.63) is 75.9 Å². The number of halogens is 5. The first-order valence-electron chi connectivity index (χ1n) is 17.5. The number of rotatable bonds is 5. The quantitative estimate of drug-likeness (QED) is 0.201. The molecule has 1 aliphatic heterocycles. The number of aromatic nitrogens is 3. The highest BCUT2D eigenvalue weighted by Gasteiger charge is 2.42. The van der Waals surface area contributed by atoms with E-state index < -0.39 is 23.6 Å². The Morgan fingerprint density at radius 3 is 2.04 bits per heavy atom. The van der Waals surface area contributed by atoms with Crippen LogP contribution in [-0.4, -0.2) is 41.6 Å². The van der Waals surface area contributed by atoms with Gasteiger partial charge in [0.15, 0.2) is 6.17 Å². The second-order valence-corrected chi connectivity index (χ2v) is 14.9. The van der Waals surface area contributed by atoms with Crippen molar-refractivity contribution in [2.45, 2.75) is 129 Å². The summed E-state index contributed by atoms with van der Waals surface area (Å²) in [6.07, 6.45) is 2.01. The fourth-order valence-corrected chi connectivity index (χ4v) is 8.23. The molecule has 3 aliphatic rings. The molecular formula is C38H48BF5N4. The van der Waals surface area contributed by atoms with Crippen LogP contribution in [0.2, 0.25) is 0 Å². The average molecular weight is 667 g/mol. The number of alkyl halides is 5. The summed E-state index contributed by atoms with van der Waals surface area (Å²) >= 11 is 0. The molecule has 6 rings (SSSR count). The minimum Gasteiger partial charge on any atom is -0.341 e. The molecule has 2 aliphatic carbocycles. The van der Waals surface area contributed by atoms with Gasteiger partial charge in [0.25, 0.3) is 0 Å². The zero-order valence-electron chi connectivity index (χ0n) is 29.1. The molecule has 0 amide bonds. The van der Waals surface area contributed by atoms with Crippen LogP contribution in [0, 0.1) is 5.41 Å². The Labute approximate surface area is 283 Å². The van der Waals surface area contributed by atoms with E-state index in [2.05, 4.69) is 35.6 Å². The van der Waals surface area contributed by atoms with E-state index in [1.54, 1.807) is 19.3 Å². The SMILES string of the molecule is CC.[B]c1cnc(N2CCC(c3nc4c(c(C5CCC(C)(F)CC5)c3C(F)c3ccc(C(F)(F)F)cc3)C(C)CC(C)(C)C4)CC2)nc1. The third kappa shape index (κ3) is 7.73. The van der Waals surface area contributed by atoms with Crippen LogP contribution < -0.4 is 10.4 Å². The first-order valence-corrected chi connectivity index (χ1v) is 17.5. The molecule has 1 aromatic carbocycles. The topological polar surface area (TPSA) is 41.9 Å². The van der Waals surface area contributed by atoms with Crippen molar-refractivity contribution in [1.29, 1.82) is 0 Å². The minimum atomic E-state index is -4.51. The fourth-order valence-electron chi connectivity index (χ4n) is 8.23. The maximum Gasteiger partial charge on any atom is 0.416 e. The third-order valence-electron chi connectivity index (χ3n) is 10.5. The highest BCUT2D eigenvalue weighted by atomic mass is 19.4. The number of hydrogen-bond donors (Lipinski definition) is 0. The van der Waals surface area contributed by atoms with Crippen molar-refractivity contribution in [2.24, 2.45) is 5.41 Å². The van der Waals surface area contributed by atoms with Crippen LogP contribution in [-0.2, 0) is 12.6 Å². The summed E-state index contributed by atoms with van der Waals surface area (Å²) in [5.41, 5.74) is 2.82. The molecule has 258 valence electrons. The number of piperidine rings is 1. The Bertz CT molecular complexity index is 1540.